The van der Waals surface area contributed by atoms with Gasteiger partial charge in [0.05, 0.1) is 6.61 Å². The van der Waals surface area contributed by atoms with Crippen LogP contribution < -0.4 is 4.74 Å². The predicted octanol–water partition coefficient (Wildman–Crippen LogP) is 2.64. The van der Waals surface area contributed by atoms with E-state index in [1.54, 1.807) is 22.9 Å². The van der Waals surface area contributed by atoms with Gasteiger partial charge in [-0.3, -0.25) is 0 Å². The van der Waals surface area contributed by atoms with E-state index in [4.69, 9.17) is 4.74 Å². The number of ether oxygens (including phenoxy) is 1. The Morgan fingerprint density at radius 3 is 2.90 bits per heavy atom. The molecule has 7 heteroatoms. The van der Waals surface area contributed by atoms with Gasteiger partial charge >= 0.3 is 0 Å². The number of rotatable bonds is 7. The SMILES string of the molecule is CC(C)Cn1nnnc1SCCOc1ccccc1F. The van der Waals surface area contributed by atoms with Crippen LogP contribution in [0.2, 0.25) is 0 Å². The van der Waals surface area contributed by atoms with E-state index < -0.39 is 0 Å². The van der Waals surface area contributed by atoms with Crippen molar-refractivity contribution in [2.75, 3.05) is 12.4 Å². The smallest absolute Gasteiger partial charge is 0.209 e. The zero-order valence-electron chi connectivity index (χ0n) is 11.5. The monoisotopic (exact) mass is 296 g/mol. The van der Waals surface area contributed by atoms with Gasteiger partial charge in [-0.15, -0.1) is 5.10 Å². The number of thioether (sulfide) groups is 1. The minimum atomic E-state index is -0.345. The fraction of sp³-hybridized carbons (Fsp3) is 0.462. The van der Waals surface area contributed by atoms with Crippen molar-refractivity contribution in [2.24, 2.45) is 5.92 Å². The highest BCUT2D eigenvalue weighted by atomic mass is 32.2. The summed E-state index contributed by atoms with van der Waals surface area (Å²) in [6, 6.07) is 6.38. The lowest BCUT2D eigenvalue weighted by Crippen LogP contribution is -2.09. The average molecular weight is 296 g/mol. The number of halogens is 1. The van der Waals surface area contributed by atoms with E-state index >= 15 is 0 Å². The number of hydrogen-bond acceptors (Lipinski definition) is 5. The molecule has 0 atom stereocenters. The van der Waals surface area contributed by atoms with Gasteiger partial charge in [0.25, 0.3) is 0 Å². The van der Waals surface area contributed by atoms with E-state index in [-0.39, 0.29) is 11.6 Å². The summed E-state index contributed by atoms with van der Waals surface area (Å²) >= 11 is 1.50. The van der Waals surface area contributed by atoms with Crippen molar-refractivity contribution >= 4 is 11.8 Å². The third-order valence-corrected chi connectivity index (χ3v) is 3.37. The molecule has 0 N–H and O–H groups in total. The lowest BCUT2D eigenvalue weighted by molar-refractivity contribution is 0.324. The van der Waals surface area contributed by atoms with Gasteiger partial charge in [0, 0.05) is 12.3 Å². The highest BCUT2D eigenvalue weighted by Crippen LogP contribution is 2.18. The van der Waals surface area contributed by atoms with Crippen molar-refractivity contribution in [1.29, 1.82) is 0 Å². The van der Waals surface area contributed by atoms with Gasteiger partial charge in [0.2, 0.25) is 5.16 Å². The molecule has 0 aliphatic heterocycles. The molecule has 0 radical (unpaired) electrons. The quantitative estimate of drug-likeness (QED) is 0.581. The summed E-state index contributed by atoms with van der Waals surface area (Å²) in [5.41, 5.74) is 0. The van der Waals surface area contributed by atoms with Crippen LogP contribution in [0.5, 0.6) is 5.75 Å². The lowest BCUT2D eigenvalue weighted by atomic mass is 10.2. The molecule has 0 fully saturated rings. The van der Waals surface area contributed by atoms with Crippen LogP contribution in [0.1, 0.15) is 13.8 Å². The maximum atomic E-state index is 13.3. The van der Waals surface area contributed by atoms with Crippen LogP contribution >= 0.6 is 11.8 Å². The molecule has 0 bridgehead atoms. The largest absolute Gasteiger partial charge is 0.490 e. The minimum absolute atomic E-state index is 0.273. The summed E-state index contributed by atoms with van der Waals surface area (Å²) in [6.07, 6.45) is 0. The van der Waals surface area contributed by atoms with Crippen molar-refractivity contribution < 1.29 is 9.13 Å². The molecule has 0 saturated carbocycles. The molecule has 0 spiro atoms. The van der Waals surface area contributed by atoms with Gasteiger partial charge in [-0.05, 0) is 28.5 Å². The fourth-order valence-corrected chi connectivity index (χ4v) is 2.31. The molecule has 2 aromatic rings. The van der Waals surface area contributed by atoms with Crippen LogP contribution in [0.3, 0.4) is 0 Å². The second-order valence-corrected chi connectivity index (χ2v) is 5.73. The van der Waals surface area contributed by atoms with Crippen LogP contribution in [0.15, 0.2) is 29.4 Å². The normalized spacial score (nSPS) is 11.0. The van der Waals surface area contributed by atoms with Crippen LogP contribution in [-0.4, -0.2) is 32.6 Å². The molecule has 108 valence electrons. The zero-order valence-corrected chi connectivity index (χ0v) is 12.3. The van der Waals surface area contributed by atoms with Gasteiger partial charge in [-0.1, -0.05) is 37.7 Å². The van der Waals surface area contributed by atoms with Crippen molar-refractivity contribution in [3.05, 3.63) is 30.1 Å². The van der Waals surface area contributed by atoms with Gasteiger partial charge in [-0.2, -0.15) is 0 Å². The van der Waals surface area contributed by atoms with Crippen LogP contribution in [0.25, 0.3) is 0 Å². The van der Waals surface area contributed by atoms with Crippen LogP contribution in [0, 0.1) is 11.7 Å². The molecule has 0 amide bonds. The number of nitrogens with zero attached hydrogens (tertiary/aromatic N) is 4. The molecule has 1 heterocycles. The van der Waals surface area contributed by atoms with Gasteiger partial charge in [0.15, 0.2) is 11.6 Å². The standard InChI is InChI=1S/C13H17FN4OS/c1-10(2)9-18-13(15-16-17-18)20-8-7-19-12-6-4-3-5-11(12)14/h3-6,10H,7-9H2,1-2H3. The second kappa shape index (κ2) is 7.23. The van der Waals surface area contributed by atoms with E-state index in [0.717, 1.165) is 11.7 Å². The molecule has 1 aromatic carbocycles. The summed E-state index contributed by atoms with van der Waals surface area (Å²) in [5, 5.41) is 12.3. The van der Waals surface area contributed by atoms with E-state index in [9.17, 15) is 4.39 Å². The number of aromatic nitrogens is 4. The summed E-state index contributed by atoms with van der Waals surface area (Å²) in [6.45, 7) is 5.40. The summed E-state index contributed by atoms with van der Waals surface area (Å²) in [5.74, 6) is 1.07. The topological polar surface area (TPSA) is 52.8 Å². The first-order chi connectivity index (χ1) is 9.66. The Bertz CT molecular complexity index is 547. The highest BCUT2D eigenvalue weighted by Gasteiger charge is 2.08. The number of para-hydroxylation sites is 1. The number of benzene rings is 1. The first-order valence-corrected chi connectivity index (χ1v) is 7.41. The maximum absolute atomic E-state index is 13.3. The van der Waals surface area contributed by atoms with Crippen LogP contribution in [-0.2, 0) is 6.54 Å². The predicted molar refractivity (Wildman–Crippen MR) is 75.3 cm³/mol. The Morgan fingerprint density at radius 2 is 2.15 bits per heavy atom. The summed E-state index contributed by atoms with van der Waals surface area (Å²) in [4.78, 5) is 0. The molecule has 0 saturated heterocycles. The van der Waals surface area contributed by atoms with Crippen molar-refractivity contribution in [3.63, 3.8) is 0 Å². The third kappa shape index (κ3) is 4.19. The number of tetrazole rings is 1. The molecule has 0 aliphatic rings. The molecule has 1 aromatic heterocycles. The van der Waals surface area contributed by atoms with Crippen molar-refractivity contribution in [2.45, 2.75) is 25.5 Å². The van der Waals surface area contributed by atoms with Crippen molar-refractivity contribution in [3.8, 4) is 5.75 Å². The van der Waals surface area contributed by atoms with E-state index in [0.29, 0.717) is 18.3 Å². The van der Waals surface area contributed by atoms with Crippen molar-refractivity contribution in [1.82, 2.24) is 20.2 Å². The Morgan fingerprint density at radius 1 is 1.35 bits per heavy atom. The van der Waals surface area contributed by atoms with Crippen LogP contribution in [0.4, 0.5) is 4.39 Å². The lowest BCUT2D eigenvalue weighted by Gasteiger charge is -2.08. The summed E-state index contributed by atoms with van der Waals surface area (Å²) < 4.78 is 20.5. The highest BCUT2D eigenvalue weighted by molar-refractivity contribution is 7.99. The Kier molecular flexibility index (Phi) is 5.34. The molecule has 20 heavy (non-hydrogen) atoms. The number of hydrogen-bond donors (Lipinski definition) is 0. The van der Waals surface area contributed by atoms with Gasteiger partial charge in [0.1, 0.15) is 0 Å². The molecular weight excluding hydrogens is 279 g/mol. The van der Waals surface area contributed by atoms with E-state index in [1.807, 2.05) is 0 Å². The third-order valence-electron chi connectivity index (χ3n) is 2.45. The molecule has 5 nitrogen and oxygen atoms in total. The first kappa shape index (κ1) is 14.8. The first-order valence-electron chi connectivity index (χ1n) is 6.43. The minimum Gasteiger partial charge on any atom is -0.490 e. The van der Waals surface area contributed by atoms with Gasteiger partial charge in [-0.25, -0.2) is 9.07 Å². The Labute approximate surface area is 121 Å². The Hall–Kier alpha value is -1.63. The molecule has 0 unspecified atom stereocenters. The molecule has 0 aliphatic carbocycles. The second-order valence-electron chi connectivity index (χ2n) is 4.66. The van der Waals surface area contributed by atoms with E-state index in [2.05, 4.69) is 29.4 Å². The zero-order chi connectivity index (χ0) is 14.4. The Balaban J connectivity index is 1.79. The summed E-state index contributed by atoms with van der Waals surface area (Å²) in [7, 11) is 0. The average Bonchev–Trinajstić information content (AvgIpc) is 2.83. The van der Waals surface area contributed by atoms with Gasteiger partial charge < -0.3 is 4.74 Å². The molecule has 2 rings (SSSR count). The fourth-order valence-electron chi connectivity index (χ4n) is 1.61. The van der Waals surface area contributed by atoms with E-state index in [1.165, 1.54) is 17.8 Å². The molecular formula is C13H17FN4OS. The maximum Gasteiger partial charge on any atom is 0.209 e.